The molecule has 0 fully saturated rings. The van der Waals surface area contributed by atoms with Crippen LogP contribution in [0, 0.1) is 0 Å². The topological polar surface area (TPSA) is 90.1 Å². The standard InChI is InChI=1S/C7H20N4/c8-3-5-11-4-1-2-7(10)6-9/h7,11H,1-6,8-10H2. The van der Waals surface area contributed by atoms with Gasteiger partial charge in [0.05, 0.1) is 0 Å². The number of rotatable bonds is 7. The van der Waals surface area contributed by atoms with E-state index >= 15 is 0 Å². The van der Waals surface area contributed by atoms with Crippen LogP contribution in [-0.2, 0) is 0 Å². The number of nitrogens with two attached hydrogens (primary N) is 3. The van der Waals surface area contributed by atoms with Crippen LogP contribution in [0.5, 0.6) is 0 Å². The summed E-state index contributed by atoms with van der Waals surface area (Å²) >= 11 is 0. The van der Waals surface area contributed by atoms with E-state index in [9.17, 15) is 0 Å². The summed E-state index contributed by atoms with van der Waals surface area (Å²) in [5.41, 5.74) is 16.2. The molecule has 0 heterocycles. The molecule has 0 saturated carbocycles. The lowest BCUT2D eigenvalue weighted by Crippen LogP contribution is -2.31. The van der Waals surface area contributed by atoms with Crippen LogP contribution < -0.4 is 22.5 Å². The fourth-order valence-corrected chi connectivity index (χ4v) is 0.834. The van der Waals surface area contributed by atoms with Crippen molar-refractivity contribution < 1.29 is 0 Å². The highest BCUT2D eigenvalue weighted by Crippen LogP contribution is 1.89. The van der Waals surface area contributed by atoms with Crippen molar-refractivity contribution >= 4 is 0 Å². The van der Waals surface area contributed by atoms with Crippen molar-refractivity contribution in [2.24, 2.45) is 17.2 Å². The van der Waals surface area contributed by atoms with Gasteiger partial charge < -0.3 is 22.5 Å². The van der Waals surface area contributed by atoms with E-state index in [0.717, 1.165) is 25.9 Å². The lowest BCUT2D eigenvalue weighted by molar-refractivity contribution is 0.558. The molecule has 1 atom stereocenters. The van der Waals surface area contributed by atoms with Crippen molar-refractivity contribution in [3.63, 3.8) is 0 Å². The first-order chi connectivity index (χ1) is 5.31. The number of hydrogen-bond donors (Lipinski definition) is 4. The molecular formula is C7H20N4. The Morgan fingerprint density at radius 3 is 2.45 bits per heavy atom. The van der Waals surface area contributed by atoms with Crippen LogP contribution in [-0.4, -0.2) is 32.2 Å². The van der Waals surface area contributed by atoms with Crippen LogP contribution in [0.15, 0.2) is 0 Å². The van der Waals surface area contributed by atoms with E-state index in [1.54, 1.807) is 0 Å². The first kappa shape index (κ1) is 10.8. The van der Waals surface area contributed by atoms with Crippen molar-refractivity contribution in [1.29, 1.82) is 0 Å². The molecule has 0 bridgehead atoms. The van der Waals surface area contributed by atoms with Gasteiger partial charge in [0.2, 0.25) is 0 Å². The molecule has 0 spiro atoms. The van der Waals surface area contributed by atoms with Crippen LogP contribution in [0.2, 0.25) is 0 Å². The third-order valence-corrected chi connectivity index (χ3v) is 1.55. The first-order valence-corrected chi connectivity index (χ1v) is 4.17. The van der Waals surface area contributed by atoms with Gasteiger partial charge in [-0.2, -0.15) is 0 Å². The molecule has 4 heteroatoms. The fraction of sp³-hybridized carbons (Fsp3) is 1.00. The van der Waals surface area contributed by atoms with Gasteiger partial charge in [-0.05, 0) is 19.4 Å². The van der Waals surface area contributed by atoms with Gasteiger partial charge in [-0.15, -0.1) is 0 Å². The average molecular weight is 160 g/mol. The smallest absolute Gasteiger partial charge is 0.0163 e. The second-order valence-corrected chi connectivity index (χ2v) is 2.68. The third kappa shape index (κ3) is 7.74. The average Bonchev–Trinajstić information content (AvgIpc) is 2.04. The molecule has 0 saturated heterocycles. The highest BCUT2D eigenvalue weighted by atomic mass is 14.9. The van der Waals surface area contributed by atoms with E-state index in [1.165, 1.54) is 0 Å². The molecule has 0 aliphatic heterocycles. The molecule has 68 valence electrons. The summed E-state index contributed by atoms with van der Waals surface area (Å²) in [5.74, 6) is 0. The molecule has 0 aliphatic carbocycles. The predicted molar refractivity (Wildman–Crippen MR) is 48.2 cm³/mol. The molecule has 7 N–H and O–H groups in total. The van der Waals surface area contributed by atoms with Crippen molar-refractivity contribution in [3.8, 4) is 0 Å². The summed E-state index contributed by atoms with van der Waals surface area (Å²) in [7, 11) is 0. The van der Waals surface area contributed by atoms with Gasteiger partial charge >= 0.3 is 0 Å². The van der Waals surface area contributed by atoms with E-state index in [-0.39, 0.29) is 6.04 Å². The predicted octanol–water partition coefficient (Wildman–Crippen LogP) is -1.40. The Kier molecular flexibility index (Phi) is 7.83. The second kappa shape index (κ2) is 7.94. The Morgan fingerprint density at radius 1 is 1.18 bits per heavy atom. The minimum atomic E-state index is 0.162. The first-order valence-electron chi connectivity index (χ1n) is 4.17. The highest BCUT2D eigenvalue weighted by molar-refractivity contribution is 4.61. The molecule has 0 amide bonds. The maximum Gasteiger partial charge on any atom is 0.0163 e. The van der Waals surface area contributed by atoms with Gasteiger partial charge in [-0.1, -0.05) is 0 Å². The molecule has 0 aromatic rings. The van der Waals surface area contributed by atoms with Crippen LogP contribution in [0.25, 0.3) is 0 Å². The van der Waals surface area contributed by atoms with E-state index < -0.39 is 0 Å². The van der Waals surface area contributed by atoms with Gasteiger partial charge in [-0.25, -0.2) is 0 Å². The highest BCUT2D eigenvalue weighted by Gasteiger charge is 1.97. The van der Waals surface area contributed by atoms with Crippen molar-refractivity contribution in [2.75, 3.05) is 26.2 Å². The molecule has 0 rings (SSSR count). The summed E-state index contributed by atoms with van der Waals surface area (Å²) in [4.78, 5) is 0. The molecule has 0 aliphatic rings. The molecule has 1 unspecified atom stereocenters. The third-order valence-electron chi connectivity index (χ3n) is 1.55. The van der Waals surface area contributed by atoms with E-state index in [1.807, 2.05) is 0 Å². The minimum absolute atomic E-state index is 0.162. The SMILES string of the molecule is NCCNCCCC(N)CN. The summed E-state index contributed by atoms with van der Waals surface area (Å²) in [6.07, 6.45) is 2.08. The summed E-state index contributed by atoms with van der Waals surface area (Å²) < 4.78 is 0. The van der Waals surface area contributed by atoms with Crippen molar-refractivity contribution in [3.05, 3.63) is 0 Å². The van der Waals surface area contributed by atoms with Crippen LogP contribution in [0.4, 0.5) is 0 Å². The lowest BCUT2D eigenvalue weighted by Gasteiger charge is -2.07. The van der Waals surface area contributed by atoms with E-state index in [4.69, 9.17) is 17.2 Å². The van der Waals surface area contributed by atoms with Gasteiger partial charge in [-0.3, -0.25) is 0 Å². The maximum absolute atomic E-state index is 5.61. The number of hydrogen-bond acceptors (Lipinski definition) is 4. The summed E-state index contributed by atoms with van der Waals surface area (Å²) in [5, 5.41) is 3.19. The monoisotopic (exact) mass is 160 g/mol. The van der Waals surface area contributed by atoms with Gasteiger partial charge in [0.1, 0.15) is 0 Å². The van der Waals surface area contributed by atoms with Gasteiger partial charge in [0.15, 0.2) is 0 Å². The van der Waals surface area contributed by atoms with Gasteiger partial charge in [0.25, 0.3) is 0 Å². The molecule has 4 nitrogen and oxygen atoms in total. The molecule has 0 radical (unpaired) electrons. The minimum Gasteiger partial charge on any atom is -0.329 e. The van der Waals surface area contributed by atoms with Crippen molar-refractivity contribution in [2.45, 2.75) is 18.9 Å². The van der Waals surface area contributed by atoms with Crippen LogP contribution in [0.1, 0.15) is 12.8 Å². The maximum atomic E-state index is 5.61. The largest absolute Gasteiger partial charge is 0.329 e. The molecule has 0 aromatic heterocycles. The molecular weight excluding hydrogens is 140 g/mol. The molecule has 11 heavy (non-hydrogen) atoms. The zero-order valence-electron chi connectivity index (χ0n) is 7.05. The normalized spacial score (nSPS) is 13.4. The Balaban J connectivity index is 2.89. The fourth-order valence-electron chi connectivity index (χ4n) is 0.834. The summed E-state index contributed by atoms with van der Waals surface area (Å²) in [6.45, 7) is 3.16. The summed E-state index contributed by atoms with van der Waals surface area (Å²) in [6, 6.07) is 0.162. The Labute approximate surface area is 68.5 Å². The van der Waals surface area contributed by atoms with Gasteiger partial charge in [0, 0.05) is 25.7 Å². The van der Waals surface area contributed by atoms with E-state index in [2.05, 4.69) is 5.32 Å². The Bertz CT molecular complexity index is 76.8. The zero-order valence-corrected chi connectivity index (χ0v) is 7.05. The molecule has 0 aromatic carbocycles. The zero-order chi connectivity index (χ0) is 8.53. The second-order valence-electron chi connectivity index (χ2n) is 2.68. The Hall–Kier alpha value is -0.160. The number of nitrogens with one attached hydrogen (secondary N) is 1. The Morgan fingerprint density at radius 2 is 1.91 bits per heavy atom. The lowest BCUT2D eigenvalue weighted by atomic mass is 10.2. The van der Waals surface area contributed by atoms with Crippen LogP contribution >= 0.6 is 0 Å². The quantitative estimate of drug-likeness (QED) is 0.345. The van der Waals surface area contributed by atoms with Crippen molar-refractivity contribution in [1.82, 2.24) is 5.32 Å². The van der Waals surface area contributed by atoms with Crippen LogP contribution in [0.3, 0.4) is 0 Å². The van der Waals surface area contributed by atoms with E-state index in [0.29, 0.717) is 13.1 Å².